The first-order valence-electron chi connectivity index (χ1n) is 11.6. The molecule has 0 fully saturated rings. The molecule has 3 aromatic rings. The van der Waals surface area contributed by atoms with E-state index in [9.17, 15) is 18.8 Å². The minimum atomic E-state index is -1.02. The zero-order valence-corrected chi connectivity index (χ0v) is 20.0. The fourth-order valence-corrected chi connectivity index (χ4v) is 6.05. The molecule has 1 aliphatic carbocycles. The Labute approximate surface area is 206 Å². The molecule has 0 bridgehead atoms. The highest BCUT2D eigenvalue weighted by molar-refractivity contribution is 7.10. The van der Waals surface area contributed by atoms with Gasteiger partial charge in [0, 0.05) is 34.4 Å². The summed E-state index contributed by atoms with van der Waals surface area (Å²) >= 11 is 1.45. The summed E-state index contributed by atoms with van der Waals surface area (Å²) in [5, 5.41) is 1.89. The number of Topliss-reactive ketones (excluding diaryl/α,β-unsaturated/α-hetero) is 1. The summed E-state index contributed by atoms with van der Waals surface area (Å²) in [5.41, 5.74) is 1.78. The molecule has 0 radical (unpaired) electrons. The highest BCUT2D eigenvalue weighted by atomic mass is 32.1. The van der Waals surface area contributed by atoms with Gasteiger partial charge in [0.15, 0.2) is 5.78 Å². The Bertz CT molecular complexity index is 1300. The maximum Gasteiger partial charge on any atom is 0.317 e. The van der Waals surface area contributed by atoms with Crippen LogP contribution in [0.25, 0.3) is 0 Å². The van der Waals surface area contributed by atoms with Crippen LogP contribution in [0.5, 0.6) is 0 Å². The maximum absolute atomic E-state index is 14.9. The van der Waals surface area contributed by atoms with Crippen molar-refractivity contribution >= 4 is 34.7 Å². The van der Waals surface area contributed by atoms with Crippen LogP contribution < -0.4 is 4.90 Å². The van der Waals surface area contributed by atoms with E-state index in [1.807, 2.05) is 47.8 Å². The fourth-order valence-electron chi connectivity index (χ4n) is 5.18. The van der Waals surface area contributed by atoms with Crippen molar-refractivity contribution in [2.24, 2.45) is 5.92 Å². The molecule has 5 nitrogen and oxygen atoms in total. The molecule has 0 unspecified atom stereocenters. The topological polar surface area (TPSA) is 63.7 Å². The van der Waals surface area contributed by atoms with Gasteiger partial charge in [0.1, 0.15) is 11.7 Å². The van der Waals surface area contributed by atoms with Crippen molar-refractivity contribution < 1.29 is 23.5 Å². The van der Waals surface area contributed by atoms with Crippen molar-refractivity contribution in [3.8, 4) is 0 Å². The van der Waals surface area contributed by atoms with Crippen molar-refractivity contribution in [3.63, 3.8) is 0 Å². The summed E-state index contributed by atoms with van der Waals surface area (Å²) in [6, 6.07) is 19.1. The van der Waals surface area contributed by atoms with E-state index in [0.717, 1.165) is 10.4 Å². The number of halogens is 1. The summed E-state index contributed by atoms with van der Waals surface area (Å²) in [4.78, 5) is 43.0. The Morgan fingerprint density at radius 3 is 2.46 bits per heavy atom. The van der Waals surface area contributed by atoms with Crippen molar-refractivity contribution in [1.82, 2.24) is 0 Å². The zero-order chi connectivity index (χ0) is 24.5. The van der Waals surface area contributed by atoms with E-state index in [1.54, 1.807) is 25.1 Å². The molecule has 3 atom stereocenters. The number of para-hydroxylation sites is 1. The molecule has 1 aliphatic heterocycles. The first kappa shape index (κ1) is 23.2. The number of hydrogen-bond donors (Lipinski definition) is 0. The van der Waals surface area contributed by atoms with Crippen LogP contribution in [0.2, 0.25) is 0 Å². The van der Waals surface area contributed by atoms with E-state index in [4.69, 9.17) is 4.74 Å². The number of rotatable bonds is 5. The molecule has 5 rings (SSSR count). The Morgan fingerprint density at radius 2 is 1.77 bits per heavy atom. The minimum Gasteiger partial charge on any atom is -0.465 e. The number of esters is 1. The summed E-state index contributed by atoms with van der Waals surface area (Å²) in [7, 11) is 0. The Hall–Kier alpha value is -3.58. The Balaban J connectivity index is 1.73. The molecule has 0 N–H and O–H groups in total. The van der Waals surface area contributed by atoms with Gasteiger partial charge in [-0.3, -0.25) is 19.3 Å². The fraction of sp³-hybridized carbons (Fsp3) is 0.250. The number of amides is 1. The van der Waals surface area contributed by atoms with Gasteiger partial charge < -0.3 is 4.74 Å². The van der Waals surface area contributed by atoms with Crippen LogP contribution in [0, 0.1) is 11.7 Å². The predicted octanol–water partition coefficient (Wildman–Crippen LogP) is 5.60. The lowest BCUT2D eigenvalue weighted by Gasteiger charge is -2.42. The number of thiophene rings is 1. The van der Waals surface area contributed by atoms with E-state index in [-0.39, 0.29) is 36.8 Å². The van der Waals surface area contributed by atoms with Gasteiger partial charge >= 0.3 is 5.97 Å². The lowest BCUT2D eigenvalue weighted by molar-refractivity contribution is -0.152. The summed E-state index contributed by atoms with van der Waals surface area (Å²) < 4.78 is 20.3. The second-order valence-corrected chi connectivity index (χ2v) is 9.61. The summed E-state index contributed by atoms with van der Waals surface area (Å²) in [6.07, 6.45) is 0.247. The van der Waals surface area contributed by atoms with Crippen LogP contribution in [0.3, 0.4) is 0 Å². The van der Waals surface area contributed by atoms with Crippen LogP contribution in [0.4, 0.5) is 10.1 Å². The Morgan fingerprint density at radius 1 is 1.03 bits per heavy atom. The second-order valence-electron chi connectivity index (χ2n) is 8.63. The van der Waals surface area contributed by atoms with Crippen LogP contribution in [-0.2, 0) is 19.1 Å². The molecule has 2 aliphatic rings. The van der Waals surface area contributed by atoms with Gasteiger partial charge in [-0.25, -0.2) is 4.39 Å². The monoisotopic (exact) mass is 489 g/mol. The predicted molar refractivity (Wildman–Crippen MR) is 132 cm³/mol. The van der Waals surface area contributed by atoms with Gasteiger partial charge in [-0.2, -0.15) is 0 Å². The molecule has 0 saturated heterocycles. The quantitative estimate of drug-likeness (QED) is 0.346. The molecule has 2 heterocycles. The average Bonchev–Trinajstić information content (AvgIpc) is 3.40. The van der Waals surface area contributed by atoms with Crippen LogP contribution in [0.15, 0.2) is 83.4 Å². The first-order valence-corrected chi connectivity index (χ1v) is 12.5. The van der Waals surface area contributed by atoms with Gasteiger partial charge in [0.05, 0.1) is 12.3 Å². The molecular weight excluding hydrogens is 465 g/mol. The number of ether oxygens (including phenoxy) is 1. The second kappa shape index (κ2) is 9.58. The number of ketones is 1. The third kappa shape index (κ3) is 4.10. The van der Waals surface area contributed by atoms with Crippen LogP contribution >= 0.6 is 11.3 Å². The number of allylic oxidation sites excluding steroid dienone is 2. The molecule has 178 valence electrons. The van der Waals surface area contributed by atoms with Crippen molar-refractivity contribution in [2.75, 3.05) is 11.5 Å². The number of carbonyl (C=O) groups is 3. The van der Waals surface area contributed by atoms with E-state index in [2.05, 4.69) is 0 Å². The molecule has 2 aromatic carbocycles. The van der Waals surface area contributed by atoms with Gasteiger partial charge in [-0.15, -0.1) is 11.3 Å². The van der Waals surface area contributed by atoms with Gasteiger partial charge in [-0.1, -0.05) is 48.5 Å². The minimum absolute atomic E-state index is 0.00212. The van der Waals surface area contributed by atoms with Gasteiger partial charge in [0.25, 0.3) is 0 Å². The van der Waals surface area contributed by atoms with Gasteiger partial charge in [0.2, 0.25) is 5.91 Å². The number of benzene rings is 2. The van der Waals surface area contributed by atoms with Crippen molar-refractivity contribution in [3.05, 3.63) is 99.6 Å². The number of carbonyl (C=O) groups excluding carboxylic acids is 3. The summed E-state index contributed by atoms with van der Waals surface area (Å²) in [5.74, 6) is -3.79. The smallest absolute Gasteiger partial charge is 0.317 e. The Kier molecular flexibility index (Phi) is 6.34. The van der Waals surface area contributed by atoms with E-state index >= 15 is 0 Å². The molecule has 1 amide bonds. The number of anilines is 1. The first-order chi connectivity index (χ1) is 17.0. The molecule has 0 saturated carbocycles. The normalized spacial score (nSPS) is 22.2. The van der Waals surface area contributed by atoms with Crippen molar-refractivity contribution in [1.29, 1.82) is 0 Å². The lowest BCUT2D eigenvalue weighted by Crippen LogP contribution is -2.46. The SMILES string of the molecule is CCOC(=O)[C@@H]1C(=O)C2=C(C[C@H]1c1cccs1)N(c1ccccc1F)C(=O)C[C@H]2c1ccccc1. The highest BCUT2D eigenvalue weighted by Crippen LogP contribution is 2.50. The zero-order valence-electron chi connectivity index (χ0n) is 19.1. The molecule has 0 spiro atoms. The average molecular weight is 490 g/mol. The van der Waals surface area contributed by atoms with Crippen molar-refractivity contribution in [2.45, 2.75) is 31.6 Å². The van der Waals surface area contributed by atoms with Crippen LogP contribution in [-0.4, -0.2) is 24.3 Å². The number of hydrogen-bond acceptors (Lipinski definition) is 5. The molecule has 35 heavy (non-hydrogen) atoms. The van der Waals surface area contributed by atoms with Gasteiger partial charge in [-0.05, 0) is 42.5 Å². The number of nitrogens with zero attached hydrogens (tertiary/aromatic N) is 1. The molecule has 1 aromatic heterocycles. The van der Waals surface area contributed by atoms with E-state index < -0.39 is 29.5 Å². The third-order valence-electron chi connectivity index (χ3n) is 6.67. The highest BCUT2D eigenvalue weighted by Gasteiger charge is 2.50. The van der Waals surface area contributed by atoms with E-state index in [1.165, 1.54) is 22.3 Å². The molecule has 7 heteroatoms. The maximum atomic E-state index is 14.9. The lowest BCUT2D eigenvalue weighted by atomic mass is 9.69. The van der Waals surface area contributed by atoms with E-state index in [0.29, 0.717) is 11.3 Å². The largest absolute Gasteiger partial charge is 0.465 e. The third-order valence-corrected chi connectivity index (χ3v) is 7.67. The summed E-state index contributed by atoms with van der Waals surface area (Å²) in [6.45, 7) is 1.87. The molecular formula is C28H24FNO4S. The van der Waals surface area contributed by atoms with Crippen LogP contribution in [0.1, 0.15) is 42.0 Å². The standard InChI is InChI=1S/C28H24FNO4S/c1-2-34-28(33)26-19(23-13-8-14-35-23)15-22-25(27(26)32)18(17-9-4-3-5-10-17)16-24(31)30(22)21-12-7-6-11-20(21)29/h3-14,18-19,26H,2,15-16H2,1H3/t18-,19-,26-/m0/s1.